The second kappa shape index (κ2) is 4.23. The molecule has 1 aliphatic rings. The number of fused-ring (bicyclic) bond motifs is 1. The van der Waals surface area contributed by atoms with Gasteiger partial charge in [-0.25, -0.2) is 4.98 Å². The van der Waals surface area contributed by atoms with E-state index in [1.807, 2.05) is 42.8 Å². The van der Waals surface area contributed by atoms with Crippen molar-refractivity contribution in [1.29, 1.82) is 0 Å². The maximum atomic E-state index is 11.2. The number of rotatable bonds is 2. The third kappa shape index (κ3) is 1.84. The van der Waals surface area contributed by atoms with E-state index in [1.165, 1.54) is 5.56 Å². The van der Waals surface area contributed by atoms with E-state index < -0.39 is 11.9 Å². The molecule has 2 aromatic rings. The summed E-state index contributed by atoms with van der Waals surface area (Å²) in [5, 5.41) is 9.22. The van der Waals surface area contributed by atoms with Gasteiger partial charge in [0.25, 0.3) is 0 Å². The molecule has 0 aliphatic heterocycles. The summed E-state index contributed by atoms with van der Waals surface area (Å²) in [6.45, 7) is 2.04. The summed E-state index contributed by atoms with van der Waals surface area (Å²) in [4.78, 5) is 15.8. The van der Waals surface area contributed by atoms with Gasteiger partial charge in [-0.1, -0.05) is 29.8 Å². The van der Waals surface area contributed by atoms with Gasteiger partial charge < -0.3 is 9.67 Å². The Hall–Kier alpha value is -2.10. The zero-order valence-corrected chi connectivity index (χ0v) is 11.1. The van der Waals surface area contributed by atoms with Crippen molar-refractivity contribution in [3.8, 4) is 11.4 Å². The molecule has 1 heterocycles. The molecule has 0 fully saturated rings. The molecule has 1 aromatic heterocycles. The lowest BCUT2D eigenvalue weighted by atomic mass is 10.1. The number of aryl methyl sites for hydroxylation is 1. The van der Waals surface area contributed by atoms with Crippen LogP contribution in [0.25, 0.3) is 11.4 Å². The van der Waals surface area contributed by atoms with Gasteiger partial charge in [-0.3, -0.25) is 4.79 Å². The summed E-state index contributed by atoms with van der Waals surface area (Å²) >= 11 is 0. The third-order valence-electron chi connectivity index (χ3n) is 3.85. The minimum Gasteiger partial charge on any atom is -0.481 e. The van der Waals surface area contributed by atoms with Crippen LogP contribution in [0, 0.1) is 6.92 Å². The van der Waals surface area contributed by atoms with Gasteiger partial charge >= 0.3 is 5.97 Å². The van der Waals surface area contributed by atoms with Gasteiger partial charge in [-0.05, 0) is 19.8 Å². The fourth-order valence-corrected chi connectivity index (χ4v) is 2.75. The molecule has 3 rings (SSSR count). The molecule has 0 saturated carbocycles. The van der Waals surface area contributed by atoms with Crippen LogP contribution in [0.3, 0.4) is 0 Å². The Morgan fingerprint density at radius 1 is 1.37 bits per heavy atom. The third-order valence-corrected chi connectivity index (χ3v) is 3.85. The van der Waals surface area contributed by atoms with Gasteiger partial charge in [-0.2, -0.15) is 0 Å². The summed E-state index contributed by atoms with van der Waals surface area (Å²) in [5.41, 5.74) is 4.04. The molecule has 0 bridgehead atoms. The van der Waals surface area contributed by atoms with E-state index in [2.05, 4.69) is 4.98 Å². The maximum absolute atomic E-state index is 11.2. The molecule has 0 spiro atoms. The summed E-state index contributed by atoms with van der Waals surface area (Å²) in [6.07, 6.45) is 1.46. The first-order valence-corrected chi connectivity index (χ1v) is 6.43. The average Bonchev–Trinajstić information content (AvgIpc) is 2.91. The molecule has 0 radical (unpaired) electrons. The van der Waals surface area contributed by atoms with Crippen molar-refractivity contribution in [3.63, 3.8) is 0 Å². The zero-order valence-electron chi connectivity index (χ0n) is 11.1. The van der Waals surface area contributed by atoms with Crippen LogP contribution in [0.5, 0.6) is 0 Å². The normalized spacial score (nSPS) is 17.5. The number of nitrogens with zero attached hydrogens (tertiary/aromatic N) is 2. The summed E-state index contributed by atoms with van der Waals surface area (Å²) < 4.78 is 2.03. The van der Waals surface area contributed by atoms with Crippen LogP contribution in [0.15, 0.2) is 24.3 Å². The number of benzene rings is 1. The molecule has 4 nitrogen and oxygen atoms in total. The van der Waals surface area contributed by atoms with Crippen LogP contribution in [-0.2, 0) is 18.3 Å². The molecule has 1 aliphatic carbocycles. The quantitative estimate of drug-likeness (QED) is 0.898. The minimum atomic E-state index is -0.771. The Morgan fingerprint density at radius 2 is 2.05 bits per heavy atom. The Bertz CT molecular complexity index is 641. The van der Waals surface area contributed by atoms with Crippen molar-refractivity contribution in [3.05, 3.63) is 41.2 Å². The molecular formula is C15H16N2O2. The minimum absolute atomic E-state index is 0.444. The lowest BCUT2D eigenvalue weighted by Crippen LogP contribution is -2.08. The SMILES string of the molecule is Cc1ccc(-c2nc3c(n2C)CCC3C(=O)O)cc1. The number of carboxylic acids is 1. The van der Waals surface area contributed by atoms with E-state index in [9.17, 15) is 9.90 Å². The molecule has 4 heteroatoms. The number of hydrogen-bond acceptors (Lipinski definition) is 2. The average molecular weight is 256 g/mol. The highest BCUT2D eigenvalue weighted by atomic mass is 16.4. The topological polar surface area (TPSA) is 55.1 Å². The molecule has 0 saturated heterocycles. The van der Waals surface area contributed by atoms with E-state index in [-0.39, 0.29) is 0 Å². The van der Waals surface area contributed by atoms with E-state index in [1.54, 1.807) is 0 Å². The molecule has 1 unspecified atom stereocenters. The van der Waals surface area contributed by atoms with Gasteiger partial charge in [-0.15, -0.1) is 0 Å². The standard InChI is InChI=1S/C15H16N2O2/c1-9-3-5-10(6-4-9)14-16-13-11(15(18)19)7-8-12(13)17(14)2/h3-6,11H,7-8H2,1-2H3,(H,18,19). The Morgan fingerprint density at radius 3 is 2.68 bits per heavy atom. The maximum Gasteiger partial charge on any atom is 0.312 e. The second-order valence-electron chi connectivity index (χ2n) is 5.12. The molecule has 19 heavy (non-hydrogen) atoms. The number of carboxylic acid groups (broad SMARTS) is 1. The van der Waals surface area contributed by atoms with Gasteiger partial charge in [0, 0.05) is 18.3 Å². The molecular weight excluding hydrogens is 240 g/mol. The van der Waals surface area contributed by atoms with E-state index in [0.29, 0.717) is 6.42 Å². The van der Waals surface area contributed by atoms with Crippen LogP contribution in [0.1, 0.15) is 29.3 Å². The highest BCUT2D eigenvalue weighted by Crippen LogP contribution is 2.35. The fraction of sp³-hybridized carbons (Fsp3) is 0.333. The highest BCUT2D eigenvalue weighted by molar-refractivity contribution is 5.77. The Balaban J connectivity index is 2.08. The number of imidazole rings is 1. The first kappa shape index (κ1) is 12.0. The van der Waals surface area contributed by atoms with Gasteiger partial charge in [0.05, 0.1) is 5.69 Å². The van der Waals surface area contributed by atoms with Gasteiger partial charge in [0.15, 0.2) is 0 Å². The van der Waals surface area contributed by atoms with Crippen LogP contribution >= 0.6 is 0 Å². The van der Waals surface area contributed by atoms with Crippen molar-refractivity contribution in [1.82, 2.24) is 9.55 Å². The molecule has 0 amide bonds. The van der Waals surface area contributed by atoms with E-state index in [0.717, 1.165) is 29.2 Å². The van der Waals surface area contributed by atoms with Crippen LogP contribution in [0.2, 0.25) is 0 Å². The lowest BCUT2D eigenvalue weighted by Gasteiger charge is -2.05. The van der Waals surface area contributed by atoms with Crippen LogP contribution < -0.4 is 0 Å². The van der Waals surface area contributed by atoms with Crippen molar-refractivity contribution in [2.75, 3.05) is 0 Å². The van der Waals surface area contributed by atoms with Crippen molar-refractivity contribution in [2.24, 2.45) is 7.05 Å². The smallest absolute Gasteiger partial charge is 0.312 e. The summed E-state index contributed by atoms with van der Waals surface area (Å²) in [5.74, 6) is -0.358. The number of hydrogen-bond donors (Lipinski definition) is 1. The van der Waals surface area contributed by atoms with Crippen LogP contribution in [-0.4, -0.2) is 20.6 Å². The summed E-state index contributed by atoms with van der Waals surface area (Å²) in [6, 6.07) is 8.15. The molecule has 1 atom stereocenters. The largest absolute Gasteiger partial charge is 0.481 e. The Labute approximate surface area is 111 Å². The second-order valence-corrected chi connectivity index (χ2v) is 5.12. The molecule has 1 N–H and O–H groups in total. The van der Waals surface area contributed by atoms with E-state index >= 15 is 0 Å². The number of aromatic nitrogens is 2. The Kier molecular flexibility index (Phi) is 2.66. The summed E-state index contributed by atoms with van der Waals surface area (Å²) in [7, 11) is 1.96. The van der Waals surface area contributed by atoms with Crippen molar-refractivity contribution in [2.45, 2.75) is 25.7 Å². The predicted molar refractivity (Wildman–Crippen MR) is 72.1 cm³/mol. The monoisotopic (exact) mass is 256 g/mol. The van der Waals surface area contributed by atoms with Gasteiger partial charge in [0.2, 0.25) is 0 Å². The van der Waals surface area contributed by atoms with E-state index in [4.69, 9.17) is 0 Å². The van der Waals surface area contributed by atoms with Crippen molar-refractivity contribution >= 4 is 5.97 Å². The first-order valence-electron chi connectivity index (χ1n) is 6.43. The highest BCUT2D eigenvalue weighted by Gasteiger charge is 2.33. The number of carbonyl (C=O) groups is 1. The van der Waals surface area contributed by atoms with Crippen LogP contribution in [0.4, 0.5) is 0 Å². The van der Waals surface area contributed by atoms with Gasteiger partial charge in [0.1, 0.15) is 11.7 Å². The zero-order chi connectivity index (χ0) is 13.6. The fourth-order valence-electron chi connectivity index (χ4n) is 2.75. The lowest BCUT2D eigenvalue weighted by molar-refractivity contribution is -0.138. The number of aliphatic carboxylic acids is 1. The first-order chi connectivity index (χ1) is 9.08. The predicted octanol–water partition coefficient (Wildman–Crippen LogP) is 2.51. The molecule has 1 aromatic carbocycles. The van der Waals surface area contributed by atoms with Crippen molar-refractivity contribution < 1.29 is 9.90 Å². The molecule has 98 valence electrons.